The van der Waals surface area contributed by atoms with Crippen LogP contribution in [0, 0.1) is 5.82 Å². The highest BCUT2D eigenvalue weighted by Crippen LogP contribution is 2.33. The summed E-state index contributed by atoms with van der Waals surface area (Å²) in [4.78, 5) is 0. The number of hydrogen-bond donors (Lipinski definition) is 1. The number of aryl methyl sites for hydroxylation is 1. The Bertz CT molecular complexity index is 626. The van der Waals surface area contributed by atoms with E-state index in [-0.39, 0.29) is 11.9 Å². The van der Waals surface area contributed by atoms with Gasteiger partial charge in [-0.2, -0.15) is 0 Å². The molecule has 0 spiro atoms. The number of hydrogen-bond acceptors (Lipinski definition) is 1. The summed E-state index contributed by atoms with van der Waals surface area (Å²) in [5.74, 6) is -0.146. The molecule has 0 bridgehead atoms. The molecule has 1 aliphatic carbocycles. The molecule has 2 atom stereocenters. The van der Waals surface area contributed by atoms with Gasteiger partial charge in [0.1, 0.15) is 5.82 Å². The van der Waals surface area contributed by atoms with Crippen molar-refractivity contribution in [2.24, 2.45) is 0 Å². The molecule has 2 aromatic rings. The topological polar surface area (TPSA) is 12.0 Å². The number of benzene rings is 2. The van der Waals surface area contributed by atoms with Gasteiger partial charge in [0.05, 0.1) is 0 Å². The summed E-state index contributed by atoms with van der Waals surface area (Å²) in [6.07, 6.45) is 1.96. The van der Waals surface area contributed by atoms with Crippen molar-refractivity contribution in [3.8, 4) is 0 Å². The summed E-state index contributed by atoms with van der Waals surface area (Å²) in [7, 11) is 0. The molecule has 20 heavy (non-hydrogen) atoms. The van der Waals surface area contributed by atoms with Gasteiger partial charge < -0.3 is 5.32 Å². The maximum Gasteiger partial charge on any atom is 0.123 e. The van der Waals surface area contributed by atoms with Gasteiger partial charge in [-0.05, 0) is 60.7 Å². The maximum atomic E-state index is 13.2. The van der Waals surface area contributed by atoms with Crippen LogP contribution in [0.5, 0.6) is 0 Å². The van der Waals surface area contributed by atoms with Gasteiger partial charge in [-0.15, -0.1) is 0 Å². The van der Waals surface area contributed by atoms with E-state index < -0.39 is 0 Å². The molecule has 2 aromatic carbocycles. The Morgan fingerprint density at radius 3 is 2.90 bits per heavy atom. The maximum absolute atomic E-state index is 13.2. The van der Waals surface area contributed by atoms with Crippen molar-refractivity contribution in [2.75, 3.05) is 0 Å². The van der Waals surface area contributed by atoms with E-state index in [2.05, 4.69) is 18.3 Å². The normalized spacial score (nSPS) is 18.9. The van der Waals surface area contributed by atoms with Gasteiger partial charge in [0.2, 0.25) is 0 Å². The highest BCUT2D eigenvalue weighted by molar-refractivity contribution is 6.30. The Morgan fingerprint density at radius 2 is 2.10 bits per heavy atom. The standard InChI is InChI=1S/C17H17ClFN/c1-11(12-3-2-4-14(18)9-12)20-17-8-5-13-10-15(19)6-7-16(13)17/h2-4,6-7,9-11,17,20H,5,8H2,1H3/t11-,17?/m1/s1. The van der Waals surface area contributed by atoms with Crippen molar-refractivity contribution in [3.05, 3.63) is 70.0 Å². The largest absolute Gasteiger partial charge is 0.303 e. The van der Waals surface area contributed by atoms with Crippen LogP contribution < -0.4 is 5.32 Å². The molecule has 1 N–H and O–H groups in total. The molecular formula is C17H17ClFN. The van der Waals surface area contributed by atoms with E-state index in [4.69, 9.17) is 11.6 Å². The first kappa shape index (κ1) is 13.6. The van der Waals surface area contributed by atoms with Crippen LogP contribution in [-0.4, -0.2) is 0 Å². The first-order valence-corrected chi connectivity index (χ1v) is 7.31. The minimum Gasteiger partial charge on any atom is -0.303 e. The van der Waals surface area contributed by atoms with E-state index in [1.54, 1.807) is 12.1 Å². The minimum atomic E-state index is -0.146. The van der Waals surface area contributed by atoms with Gasteiger partial charge >= 0.3 is 0 Å². The molecule has 1 aliphatic rings. The lowest BCUT2D eigenvalue weighted by Crippen LogP contribution is -2.23. The molecule has 104 valence electrons. The number of fused-ring (bicyclic) bond motifs is 1. The lowest BCUT2D eigenvalue weighted by atomic mass is 10.0. The van der Waals surface area contributed by atoms with E-state index in [0.29, 0.717) is 6.04 Å². The Balaban J connectivity index is 1.77. The third-order valence-electron chi connectivity index (χ3n) is 3.98. The number of halogens is 2. The molecule has 3 heteroatoms. The van der Waals surface area contributed by atoms with Crippen LogP contribution in [-0.2, 0) is 6.42 Å². The summed E-state index contributed by atoms with van der Waals surface area (Å²) in [5.41, 5.74) is 3.52. The molecule has 0 saturated heterocycles. The zero-order valence-electron chi connectivity index (χ0n) is 11.4. The predicted octanol–water partition coefficient (Wildman–Crippen LogP) is 4.82. The monoisotopic (exact) mass is 289 g/mol. The second kappa shape index (κ2) is 5.55. The van der Waals surface area contributed by atoms with E-state index in [9.17, 15) is 4.39 Å². The molecule has 0 heterocycles. The molecular weight excluding hydrogens is 273 g/mol. The molecule has 3 rings (SSSR count). The van der Waals surface area contributed by atoms with Crippen molar-refractivity contribution in [2.45, 2.75) is 31.8 Å². The van der Waals surface area contributed by atoms with Gasteiger partial charge in [-0.1, -0.05) is 29.8 Å². The number of nitrogens with one attached hydrogen (secondary N) is 1. The zero-order chi connectivity index (χ0) is 14.1. The summed E-state index contributed by atoms with van der Waals surface area (Å²) >= 11 is 6.03. The van der Waals surface area contributed by atoms with Crippen LogP contribution in [0.1, 0.15) is 42.1 Å². The summed E-state index contributed by atoms with van der Waals surface area (Å²) < 4.78 is 13.2. The van der Waals surface area contributed by atoms with Crippen molar-refractivity contribution in [1.29, 1.82) is 0 Å². The molecule has 0 saturated carbocycles. The zero-order valence-corrected chi connectivity index (χ0v) is 12.1. The lowest BCUT2D eigenvalue weighted by molar-refractivity contribution is 0.465. The molecule has 0 radical (unpaired) electrons. The van der Waals surface area contributed by atoms with E-state index in [1.807, 2.05) is 24.3 Å². The van der Waals surface area contributed by atoms with Crippen molar-refractivity contribution in [3.63, 3.8) is 0 Å². The average molecular weight is 290 g/mol. The highest BCUT2D eigenvalue weighted by atomic mass is 35.5. The fourth-order valence-corrected chi connectivity index (χ4v) is 3.13. The lowest BCUT2D eigenvalue weighted by Gasteiger charge is -2.21. The number of rotatable bonds is 3. The van der Waals surface area contributed by atoms with E-state index in [1.165, 1.54) is 11.1 Å². The van der Waals surface area contributed by atoms with Crippen molar-refractivity contribution in [1.82, 2.24) is 5.32 Å². The fourth-order valence-electron chi connectivity index (χ4n) is 2.93. The molecule has 0 aromatic heterocycles. The summed E-state index contributed by atoms with van der Waals surface area (Å²) in [6.45, 7) is 2.13. The fraction of sp³-hybridized carbons (Fsp3) is 0.294. The van der Waals surface area contributed by atoms with Gasteiger partial charge in [0.15, 0.2) is 0 Å². The van der Waals surface area contributed by atoms with Gasteiger partial charge in [0.25, 0.3) is 0 Å². The van der Waals surface area contributed by atoms with Crippen LogP contribution in [0.25, 0.3) is 0 Å². The van der Waals surface area contributed by atoms with Gasteiger partial charge in [0, 0.05) is 17.1 Å². The summed E-state index contributed by atoms with van der Waals surface area (Å²) in [6, 6.07) is 13.5. The molecule has 0 amide bonds. The van der Waals surface area contributed by atoms with Crippen LogP contribution in [0.3, 0.4) is 0 Å². The highest BCUT2D eigenvalue weighted by Gasteiger charge is 2.24. The molecule has 1 unspecified atom stereocenters. The van der Waals surface area contributed by atoms with Crippen molar-refractivity contribution >= 4 is 11.6 Å². The Morgan fingerprint density at radius 1 is 1.25 bits per heavy atom. The Labute approximate surface area is 123 Å². The molecule has 0 aliphatic heterocycles. The smallest absolute Gasteiger partial charge is 0.123 e. The van der Waals surface area contributed by atoms with Crippen molar-refractivity contribution < 1.29 is 4.39 Å². The minimum absolute atomic E-state index is 0.146. The average Bonchev–Trinajstić information content (AvgIpc) is 2.81. The Hall–Kier alpha value is -1.38. The first-order chi connectivity index (χ1) is 9.63. The third-order valence-corrected chi connectivity index (χ3v) is 4.22. The second-order valence-corrected chi connectivity index (χ2v) is 5.81. The quantitative estimate of drug-likeness (QED) is 0.854. The van der Waals surface area contributed by atoms with Crippen LogP contribution in [0.2, 0.25) is 5.02 Å². The first-order valence-electron chi connectivity index (χ1n) is 6.93. The van der Waals surface area contributed by atoms with Crippen LogP contribution >= 0.6 is 11.6 Å². The SMILES string of the molecule is C[C@@H](NC1CCc2cc(F)ccc21)c1cccc(Cl)c1. The second-order valence-electron chi connectivity index (χ2n) is 5.38. The van der Waals surface area contributed by atoms with Crippen LogP contribution in [0.4, 0.5) is 4.39 Å². The predicted molar refractivity (Wildman–Crippen MR) is 80.5 cm³/mol. The third kappa shape index (κ3) is 2.72. The Kier molecular flexibility index (Phi) is 3.77. The van der Waals surface area contributed by atoms with Gasteiger partial charge in [-0.3, -0.25) is 0 Å². The molecule has 0 fully saturated rings. The summed E-state index contributed by atoms with van der Waals surface area (Å²) in [5, 5.41) is 4.37. The van der Waals surface area contributed by atoms with Crippen LogP contribution in [0.15, 0.2) is 42.5 Å². The molecule has 1 nitrogen and oxygen atoms in total. The van der Waals surface area contributed by atoms with E-state index >= 15 is 0 Å². The van der Waals surface area contributed by atoms with E-state index in [0.717, 1.165) is 23.4 Å². The van der Waals surface area contributed by atoms with Gasteiger partial charge in [-0.25, -0.2) is 4.39 Å².